The van der Waals surface area contributed by atoms with Gasteiger partial charge in [-0.25, -0.2) is 0 Å². The zero-order valence-electron chi connectivity index (χ0n) is 14.4. The average molecular weight is 425 g/mol. The molecule has 0 aliphatic carbocycles. The van der Waals surface area contributed by atoms with Gasteiger partial charge in [-0.2, -0.15) is 0 Å². The Morgan fingerprint density at radius 3 is 2.70 bits per heavy atom. The second-order valence-corrected chi connectivity index (χ2v) is 6.87. The number of thiocarbonyl (C=S) groups is 1. The molecule has 0 saturated carbocycles. The Bertz CT molecular complexity index is 970. The first kappa shape index (κ1) is 19.4. The quantitative estimate of drug-likeness (QED) is 0.422. The summed E-state index contributed by atoms with van der Waals surface area (Å²) < 4.78 is 10.5. The zero-order valence-corrected chi connectivity index (χ0v) is 16.7. The van der Waals surface area contributed by atoms with Gasteiger partial charge in [0.25, 0.3) is 5.91 Å². The minimum atomic E-state index is -0.514. The van der Waals surface area contributed by atoms with Crippen molar-refractivity contribution in [2.45, 2.75) is 0 Å². The number of hydrogen-bond acceptors (Lipinski definition) is 5. The van der Waals surface area contributed by atoms with Crippen molar-refractivity contribution in [3.05, 3.63) is 51.8 Å². The molecular formula is C18H14Cl2N2O4S. The largest absolute Gasteiger partial charge is 0.468 e. The van der Waals surface area contributed by atoms with Gasteiger partial charge in [0.2, 0.25) is 0 Å². The molecule has 0 radical (unpaired) electrons. The van der Waals surface area contributed by atoms with Gasteiger partial charge in [0.1, 0.15) is 23.8 Å². The molecular weight excluding hydrogens is 411 g/mol. The van der Waals surface area contributed by atoms with Crippen LogP contribution in [-0.4, -0.2) is 47.5 Å². The first-order valence-corrected chi connectivity index (χ1v) is 8.91. The lowest BCUT2D eigenvalue weighted by molar-refractivity contribution is -0.140. The lowest BCUT2D eigenvalue weighted by Crippen LogP contribution is -2.33. The van der Waals surface area contributed by atoms with Crippen molar-refractivity contribution in [2.75, 3.05) is 20.7 Å². The minimum absolute atomic E-state index is 0.173. The predicted octanol–water partition coefficient (Wildman–Crippen LogP) is 3.83. The van der Waals surface area contributed by atoms with E-state index in [0.29, 0.717) is 27.1 Å². The summed E-state index contributed by atoms with van der Waals surface area (Å²) in [6, 6.07) is 8.49. The molecule has 0 spiro atoms. The molecule has 140 valence electrons. The number of benzene rings is 1. The monoisotopic (exact) mass is 424 g/mol. The van der Waals surface area contributed by atoms with Crippen LogP contribution in [0.3, 0.4) is 0 Å². The van der Waals surface area contributed by atoms with Crippen LogP contribution in [-0.2, 0) is 14.3 Å². The van der Waals surface area contributed by atoms with Crippen molar-refractivity contribution in [1.29, 1.82) is 0 Å². The van der Waals surface area contributed by atoms with E-state index in [4.69, 9.17) is 39.8 Å². The number of rotatable bonds is 4. The van der Waals surface area contributed by atoms with Gasteiger partial charge in [0.05, 0.1) is 12.1 Å². The van der Waals surface area contributed by atoms with Crippen molar-refractivity contribution < 1.29 is 18.7 Å². The fourth-order valence-corrected chi connectivity index (χ4v) is 3.29. The van der Waals surface area contributed by atoms with E-state index in [1.54, 1.807) is 30.3 Å². The van der Waals surface area contributed by atoms with Crippen LogP contribution < -0.4 is 0 Å². The maximum absolute atomic E-state index is 12.5. The van der Waals surface area contributed by atoms with Crippen molar-refractivity contribution in [2.24, 2.45) is 0 Å². The normalized spacial score (nSPS) is 15.8. The fourth-order valence-electron chi connectivity index (χ4n) is 2.54. The molecule has 1 aromatic heterocycles. The van der Waals surface area contributed by atoms with E-state index in [1.165, 1.54) is 30.0 Å². The van der Waals surface area contributed by atoms with Gasteiger partial charge in [-0.15, -0.1) is 0 Å². The number of hydrogen-bond donors (Lipinski definition) is 0. The zero-order chi connectivity index (χ0) is 19.7. The summed E-state index contributed by atoms with van der Waals surface area (Å²) in [6.45, 7) is -0.173. The average Bonchev–Trinajstić information content (AvgIpc) is 3.17. The molecule has 1 fully saturated rings. The molecule has 0 N–H and O–H groups in total. The standard InChI is InChI=1S/C18H14Cl2N2O4S/c1-21-17(24)14(22(18(21)27)9-16(23)25-2)8-11-4-6-15(26-11)12-5-3-10(19)7-13(12)20/h3-8H,9H2,1-2H3/b14-8-. The Hall–Kier alpha value is -2.35. The van der Waals surface area contributed by atoms with E-state index in [1.807, 2.05) is 0 Å². The minimum Gasteiger partial charge on any atom is -0.468 e. The molecule has 1 aliphatic heterocycles. The highest BCUT2D eigenvalue weighted by molar-refractivity contribution is 7.80. The number of nitrogens with zero attached hydrogens (tertiary/aromatic N) is 2. The van der Waals surface area contributed by atoms with Crippen LogP contribution in [0, 0.1) is 0 Å². The summed E-state index contributed by atoms with van der Waals surface area (Å²) in [4.78, 5) is 26.8. The second kappa shape index (κ2) is 7.72. The number of methoxy groups -OCH3 is 1. The first-order chi connectivity index (χ1) is 12.8. The lowest BCUT2D eigenvalue weighted by atomic mass is 10.2. The van der Waals surface area contributed by atoms with Crippen LogP contribution in [0.15, 0.2) is 40.4 Å². The Labute approximate surface area is 170 Å². The number of halogens is 2. The van der Waals surface area contributed by atoms with Gasteiger partial charge in [-0.05, 0) is 42.5 Å². The van der Waals surface area contributed by atoms with Gasteiger partial charge in [0.15, 0.2) is 5.11 Å². The fraction of sp³-hybridized carbons (Fsp3) is 0.167. The molecule has 2 heterocycles. The summed E-state index contributed by atoms with van der Waals surface area (Å²) in [5.74, 6) is 0.0718. The maximum atomic E-state index is 12.5. The second-order valence-electron chi connectivity index (χ2n) is 5.66. The van der Waals surface area contributed by atoms with Gasteiger partial charge in [0, 0.05) is 23.7 Å². The number of likely N-dealkylation sites (N-methyl/N-ethyl adjacent to an activating group) is 1. The van der Waals surface area contributed by atoms with Gasteiger partial charge >= 0.3 is 5.97 Å². The summed E-state index contributed by atoms with van der Waals surface area (Å²) in [6.07, 6.45) is 1.52. The molecule has 1 saturated heterocycles. The topological polar surface area (TPSA) is 63.0 Å². The molecule has 9 heteroatoms. The summed E-state index contributed by atoms with van der Waals surface area (Å²) in [5.41, 5.74) is 0.888. The molecule has 2 aromatic rings. The van der Waals surface area contributed by atoms with Gasteiger partial charge < -0.3 is 14.1 Å². The number of carbonyl (C=O) groups excluding carboxylic acids is 2. The highest BCUT2D eigenvalue weighted by atomic mass is 35.5. The van der Waals surface area contributed by atoms with Crippen LogP contribution >= 0.6 is 35.4 Å². The van der Waals surface area contributed by atoms with E-state index in [-0.39, 0.29) is 23.3 Å². The van der Waals surface area contributed by atoms with Crippen LogP contribution in [0.25, 0.3) is 17.4 Å². The maximum Gasteiger partial charge on any atom is 0.325 e. The SMILES string of the molecule is COC(=O)CN1C(=S)N(C)C(=O)/C1=C/c1ccc(-c2ccc(Cl)cc2Cl)o1. The Kier molecular flexibility index (Phi) is 5.55. The summed E-state index contributed by atoms with van der Waals surface area (Å²) >= 11 is 17.4. The van der Waals surface area contributed by atoms with E-state index < -0.39 is 5.97 Å². The van der Waals surface area contributed by atoms with Gasteiger partial charge in [-0.3, -0.25) is 14.5 Å². The molecule has 0 bridgehead atoms. The van der Waals surface area contributed by atoms with E-state index in [0.717, 1.165) is 0 Å². The third kappa shape index (κ3) is 3.85. The van der Waals surface area contributed by atoms with E-state index in [9.17, 15) is 9.59 Å². The number of ether oxygens (including phenoxy) is 1. The summed E-state index contributed by atoms with van der Waals surface area (Å²) in [7, 11) is 2.81. The third-order valence-corrected chi connectivity index (χ3v) is 4.99. The predicted molar refractivity (Wildman–Crippen MR) is 106 cm³/mol. The number of amides is 1. The molecule has 3 rings (SSSR count). The first-order valence-electron chi connectivity index (χ1n) is 7.75. The van der Waals surface area contributed by atoms with Crippen LogP contribution in [0.5, 0.6) is 0 Å². The highest BCUT2D eigenvalue weighted by Gasteiger charge is 2.37. The third-order valence-electron chi connectivity index (χ3n) is 3.95. The molecule has 0 atom stereocenters. The molecule has 1 aromatic carbocycles. The van der Waals surface area contributed by atoms with Crippen molar-refractivity contribution in [1.82, 2.24) is 9.80 Å². The van der Waals surface area contributed by atoms with Crippen molar-refractivity contribution in [3.8, 4) is 11.3 Å². The molecule has 1 amide bonds. The van der Waals surface area contributed by atoms with Crippen LogP contribution in [0.1, 0.15) is 5.76 Å². The number of carbonyl (C=O) groups is 2. The lowest BCUT2D eigenvalue weighted by Gasteiger charge is -2.16. The number of esters is 1. The molecule has 0 unspecified atom stereocenters. The number of furan rings is 1. The van der Waals surface area contributed by atoms with Gasteiger partial charge in [-0.1, -0.05) is 23.2 Å². The Balaban J connectivity index is 1.95. The van der Waals surface area contributed by atoms with E-state index >= 15 is 0 Å². The Morgan fingerprint density at radius 2 is 2.04 bits per heavy atom. The smallest absolute Gasteiger partial charge is 0.325 e. The Morgan fingerprint density at radius 1 is 1.30 bits per heavy atom. The molecule has 6 nitrogen and oxygen atoms in total. The van der Waals surface area contributed by atoms with Crippen LogP contribution in [0.2, 0.25) is 10.0 Å². The van der Waals surface area contributed by atoms with Crippen molar-refractivity contribution >= 4 is 58.5 Å². The highest BCUT2D eigenvalue weighted by Crippen LogP contribution is 2.32. The van der Waals surface area contributed by atoms with Crippen molar-refractivity contribution in [3.63, 3.8) is 0 Å². The molecule has 1 aliphatic rings. The molecule has 27 heavy (non-hydrogen) atoms. The van der Waals surface area contributed by atoms with Crippen LogP contribution in [0.4, 0.5) is 0 Å². The van der Waals surface area contributed by atoms with E-state index in [2.05, 4.69) is 4.74 Å². The summed E-state index contributed by atoms with van der Waals surface area (Å²) in [5, 5.41) is 1.18.